The topological polar surface area (TPSA) is 27.1 Å². The fourth-order valence-electron chi connectivity index (χ4n) is 2.99. The zero-order chi connectivity index (χ0) is 17.3. The van der Waals surface area contributed by atoms with Gasteiger partial charge in [0.1, 0.15) is 12.4 Å². The predicted octanol–water partition coefficient (Wildman–Crippen LogP) is 5.45. The van der Waals surface area contributed by atoms with Gasteiger partial charge in [-0.2, -0.15) is 0 Å². The maximum atomic E-state index is 13.0. The molecule has 0 radical (unpaired) electrons. The molecule has 0 aliphatic heterocycles. The van der Waals surface area contributed by atoms with Gasteiger partial charge in [-0.1, -0.05) is 26.0 Å². The Labute approximate surface area is 154 Å². The van der Waals surface area contributed by atoms with Gasteiger partial charge in [0.15, 0.2) is 5.75 Å². The Morgan fingerprint density at radius 3 is 2.44 bits per heavy atom. The van der Waals surface area contributed by atoms with Crippen LogP contribution in [-0.2, 0) is 13.2 Å². The SMILES string of the molecule is Cc1c(C)n(CC(C)C)c2c(OCc3ccc(F)cc3)cncc12.Cl. The van der Waals surface area contributed by atoms with E-state index in [2.05, 4.69) is 37.2 Å². The molecule has 0 aliphatic rings. The van der Waals surface area contributed by atoms with Gasteiger partial charge in [-0.05, 0) is 43.0 Å². The number of hydrogen-bond donors (Lipinski definition) is 0. The van der Waals surface area contributed by atoms with Crippen LogP contribution in [0.3, 0.4) is 0 Å². The Morgan fingerprint density at radius 2 is 1.80 bits per heavy atom. The van der Waals surface area contributed by atoms with Gasteiger partial charge >= 0.3 is 0 Å². The van der Waals surface area contributed by atoms with Gasteiger partial charge in [0, 0.05) is 23.8 Å². The standard InChI is InChI=1S/C20H23FN2O.ClH/c1-13(2)11-23-15(4)14(3)18-9-22-10-19(20(18)23)24-12-16-5-7-17(21)8-6-16;/h5-10,13H,11-12H2,1-4H3;1H. The molecule has 2 aromatic heterocycles. The normalized spacial score (nSPS) is 11.0. The average molecular weight is 363 g/mol. The summed E-state index contributed by atoms with van der Waals surface area (Å²) in [6.45, 7) is 10.0. The van der Waals surface area contributed by atoms with E-state index >= 15 is 0 Å². The van der Waals surface area contributed by atoms with Crippen molar-refractivity contribution in [3.8, 4) is 5.75 Å². The summed E-state index contributed by atoms with van der Waals surface area (Å²) >= 11 is 0. The largest absolute Gasteiger partial charge is 0.485 e. The van der Waals surface area contributed by atoms with E-state index in [0.717, 1.165) is 28.8 Å². The maximum Gasteiger partial charge on any atom is 0.162 e. The molecule has 0 bridgehead atoms. The Kier molecular flexibility index (Phi) is 6.07. The monoisotopic (exact) mass is 362 g/mol. The van der Waals surface area contributed by atoms with Gasteiger partial charge in [0.05, 0.1) is 11.7 Å². The van der Waals surface area contributed by atoms with Crippen molar-refractivity contribution < 1.29 is 9.13 Å². The van der Waals surface area contributed by atoms with Crippen molar-refractivity contribution >= 4 is 23.3 Å². The van der Waals surface area contributed by atoms with Gasteiger partial charge in [0.25, 0.3) is 0 Å². The smallest absolute Gasteiger partial charge is 0.162 e. The fourth-order valence-corrected chi connectivity index (χ4v) is 2.99. The minimum Gasteiger partial charge on any atom is -0.485 e. The first-order valence-electron chi connectivity index (χ1n) is 8.28. The lowest BCUT2D eigenvalue weighted by atomic mass is 10.2. The number of benzene rings is 1. The third kappa shape index (κ3) is 3.96. The molecule has 0 N–H and O–H groups in total. The number of hydrogen-bond acceptors (Lipinski definition) is 2. The second-order valence-corrected chi connectivity index (χ2v) is 6.66. The molecule has 0 amide bonds. The minimum atomic E-state index is -0.237. The number of ether oxygens (including phenoxy) is 1. The van der Waals surface area contributed by atoms with Crippen molar-refractivity contribution in [2.24, 2.45) is 5.92 Å². The summed E-state index contributed by atoms with van der Waals surface area (Å²) in [6, 6.07) is 6.39. The van der Waals surface area contributed by atoms with E-state index in [9.17, 15) is 4.39 Å². The first-order valence-corrected chi connectivity index (χ1v) is 8.28. The second-order valence-electron chi connectivity index (χ2n) is 6.66. The van der Waals surface area contributed by atoms with E-state index in [0.29, 0.717) is 12.5 Å². The molecule has 0 aliphatic carbocycles. The van der Waals surface area contributed by atoms with Crippen LogP contribution in [0.15, 0.2) is 36.7 Å². The molecule has 0 saturated carbocycles. The van der Waals surface area contributed by atoms with Crippen LogP contribution in [0, 0.1) is 25.6 Å². The molecule has 0 spiro atoms. The van der Waals surface area contributed by atoms with Crippen molar-refractivity contribution in [2.45, 2.75) is 40.8 Å². The zero-order valence-corrected chi connectivity index (χ0v) is 15.9. The summed E-state index contributed by atoms with van der Waals surface area (Å²) in [5, 5.41) is 1.13. The van der Waals surface area contributed by atoms with E-state index in [-0.39, 0.29) is 18.2 Å². The maximum absolute atomic E-state index is 13.0. The molecule has 0 unspecified atom stereocenters. The number of fused-ring (bicyclic) bond motifs is 1. The summed E-state index contributed by atoms with van der Waals surface area (Å²) in [6.07, 6.45) is 3.67. The van der Waals surface area contributed by atoms with Crippen LogP contribution in [-0.4, -0.2) is 9.55 Å². The summed E-state index contributed by atoms with van der Waals surface area (Å²) in [5.74, 6) is 1.07. The molecule has 0 fully saturated rings. The molecule has 0 saturated heterocycles. The van der Waals surface area contributed by atoms with E-state index in [1.165, 1.54) is 23.4 Å². The summed E-state index contributed by atoms with van der Waals surface area (Å²) in [5.41, 5.74) is 4.52. The molecule has 25 heavy (non-hydrogen) atoms. The van der Waals surface area contributed by atoms with Crippen molar-refractivity contribution in [3.05, 3.63) is 59.3 Å². The van der Waals surface area contributed by atoms with E-state index in [1.54, 1.807) is 18.3 Å². The highest BCUT2D eigenvalue weighted by molar-refractivity contribution is 5.89. The molecule has 3 nitrogen and oxygen atoms in total. The highest BCUT2D eigenvalue weighted by Gasteiger charge is 2.16. The predicted molar refractivity (Wildman–Crippen MR) is 102 cm³/mol. The van der Waals surface area contributed by atoms with Gasteiger partial charge in [0.2, 0.25) is 0 Å². The summed E-state index contributed by atoms with van der Waals surface area (Å²) in [7, 11) is 0. The average Bonchev–Trinajstić information content (AvgIpc) is 2.80. The number of aromatic nitrogens is 2. The Hall–Kier alpha value is -2.07. The molecule has 2 heterocycles. The van der Waals surface area contributed by atoms with Crippen LogP contribution >= 0.6 is 12.4 Å². The number of nitrogens with zero attached hydrogens (tertiary/aromatic N) is 2. The molecule has 3 rings (SSSR count). The van der Waals surface area contributed by atoms with E-state index < -0.39 is 0 Å². The summed E-state index contributed by atoms with van der Waals surface area (Å²) in [4.78, 5) is 4.34. The number of rotatable bonds is 5. The molecule has 3 aromatic rings. The van der Waals surface area contributed by atoms with Crippen LogP contribution < -0.4 is 4.74 Å². The first kappa shape index (κ1) is 19.3. The molecule has 0 atom stereocenters. The first-order chi connectivity index (χ1) is 11.5. The third-order valence-electron chi connectivity index (χ3n) is 4.36. The number of aryl methyl sites for hydroxylation is 1. The molecule has 134 valence electrons. The van der Waals surface area contributed by atoms with Crippen LogP contribution in [0.2, 0.25) is 0 Å². The third-order valence-corrected chi connectivity index (χ3v) is 4.36. The number of halogens is 2. The second kappa shape index (κ2) is 7.87. The van der Waals surface area contributed by atoms with Crippen LogP contribution in [0.5, 0.6) is 5.75 Å². The minimum absolute atomic E-state index is 0. The Balaban J connectivity index is 0.00000225. The van der Waals surface area contributed by atoms with Crippen LogP contribution in [0.25, 0.3) is 10.9 Å². The van der Waals surface area contributed by atoms with Crippen molar-refractivity contribution in [2.75, 3.05) is 0 Å². The van der Waals surface area contributed by atoms with Crippen LogP contribution in [0.4, 0.5) is 4.39 Å². The Bertz CT molecular complexity index is 856. The van der Waals surface area contributed by atoms with Gasteiger partial charge in [-0.3, -0.25) is 4.98 Å². The van der Waals surface area contributed by atoms with E-state index in [4.69, 9.17) is 4.74 Å². The lowest BCUT2D eigenvalue weighted by molar-refractivity contribution is 0.307. The Morgan fingerprint density at radius 1 is 1.12 bits per heavy atom. The highest BCUT2D eigenvalue weighted by atomic mass is 35.5. The molecular formula is C20H24ClFN2O. The molecule has 1 aromatic carbocycles. The van der Waals surface area contributed by atoms with E-state index in [1.807, 2.05) is 6.20 Å². The zero-order valence-electron chi connectivity index (χ0n) is 15.0. The van der Waals surface area contributed by atoms with Crippen molar-refractivity contribution in [1.29, 1.82) is 0 Å². The highest BCUT2D eigenvalue weighted by Crippen LogP contribution is 2.32. The summed E-state index contributed by atoms with van der Waals surface area (Å²) < 4.78 is 21.4. The van der Waals surface area contributed by atoms with Gasteiger partial charge < -0.3 is 9.30 Å². The fraction of sp³-hybridized carbons (Fsp3) is 0.350. The van der Waals surface area contributed by atoms with Gasteiger partial charge in [-0.15, -0.1) is 12.4 Å². The van der Waals surface area contributed by atoms with Gasteiger partial charge in [-0.25, -0.2) is 4.39 Å². The molecule has 5 heteroatoms. The van der Waals surface area contributed by atoms with Crippen molar-refractivity contribution in [3.63, 3.8) is 0 Å². The quantitative estimate of drug-likeness (QED) is 0.603. The van der Waals surface area contributed by atoms with Crippen LogP contribution in [0.1, 0.15) is 30.7 Å². The lowest BCUT2D eigenvalue weighted by Crippen LogP contribution is -2.07. The lowest BCUT2D eigenvalue weighted by Gasteiger charge is -2.14. The van der Waals surface area contributed by atoms with Crippen molar-refractivity contribution in [1.82, 2.24) is 9.55 Å². The number of pyridine rings is 1. The molecular weight excluding hydrogens is 339 g/mol.